The maximum Gasteiger partial charge on any atom is 0.409 e. The SMILES string of the molecule is O=C(O)N1CC[C@H](O)C[C@@H]1C(F)(F)F. The first-order valence-electron chi connectivity index (χ1n) is 4.06. The number of amides is 1. The molecule has 0 aromatic carbocycles. The van der Waals surface area contributed by atoms with Gasteiger partial charge in [-0.25, -0.2) is 4.79 Å². The summed E-state index contributed by atoms with van der Waals surface area (Å²) in [5.74, 6) is 0. The lowest BCUT2D eigenvalue weighted by Gasteiger charge is -2.36. The highest BCUT2D eigenvalue weighted by molar-refractivity contribution is 5.65. The molecular weight excluding hydrogens is 203 g/mol. The predicted molar refractivity (Wildman–Crippen MR) is 39.8 cm³/mol. The number of aliphatic hydroxyl groups excluding tert-OH is 1. The van der Waals surface area contributed by atoms with Crippen LogP contribution in [0.5, 0.6) is 0 Å². The van der Waals surface area contributed by atoms with E-state index in [2.05, 4.69) is 0 Å². The van der Waals surface area contributed by atoms with Crippen LogP contribution in [0.25, 0.3) is 0 Å². The number of likely N-dealkylation sites (tertiary alicyclic amines) is 1. The van der Waals surface area contributed by atoms with Gasteiger partial charge in [0.2, 0.25) is 0 Å². The zero-order valence-corrected chi connectivity index (χ0v) is 7.16. The Hall–Kier alpha value is -0.980. The minimum Gasteiger partial charge on any atom is -0.465 e. The van der Waals surface area contributed by atoms with E-state index in [0.717, 1.165) is 0 Å². The number of carboxylic acid groups (broad SMARTS) is 1. The number of rotatable bonds is 0. The van der Waals surface area contributed by atoms with Gasteiger partial charge < -0.3 is 10.2 Å². The van der Waals surface area contributed by atoms with Crippen molar-refractivity contribution in [3.8, 4) is 0 Å². The molecule has 1 aliphatic heterocycles. The summed E-state index contributed by atoms with van der Waals surface area (Å²) in [5.41, 5.74) is 0. The molecular formula is C7H10F3NO3. The van der Waals surface area contributed by atoms with Crippen LogP contribution in [0.1, 0.15) is 12.8 Å². The van der Waals surface area contributed by atoms with Gasteiger partial charge in [-0.1, -0.05) is 0 Å². The summed E-state index contributed by atoms with van der Waals surface area (Å²) in [6.45, 7) is -0.277. The highest BCUT2D eigenvalue weighted by atomic mass is 19.4. The standard InChI is InChI=1S/C7H10F3NO3/c8-7(9,10)5-3-4(12)1-2-11(5)6(13)14/h4-5,12H,1-3H2,(H,13,14)/t4-,5+/m0/s1. The molecule has 1 aliphatic rings. The van der Waals surface area contributed by atoms with E-state index in [0.29, 0.717) is 4.90 Å². The molecule has 0 aromatic heterocycles. The molecule has 82 valence electrons. The third-order valence-corrected chi connectivity index (χ3v) is 2.20. The van der Waals surface area contributed by atoms with E-state index in [1.165, 1.54) is 0 Å². The molecule has 1 heterocycles. The van der Waals surface area contributed by atoms with Crippen LogP contribution in [0.15, 0.2) is 0 Å². The van der Waals surface area contributed by atoms with Crippen LogP contribution < -0.4 is 0 Å². The number of hydrogen-bond donors (Lipinski definition) is 2. The van der Waals surface area contributed by atoms with E-state index in [9.17, 15) is 18.0 Å². The molecule has 0 unspecified atom stereocenters. The Kier molecular flexibility index (Phi) is 2.89. The molecule has 0 bridgehead atoms. The van der Waals surface area contributed by atoms with Crippen molar-refractivity contribution in [2.24, 2.45) is 0 Å². The highest BCUT2D eigenvalue weighted by Gasteiger charge is 2.48. The lowest BCUT2D eigenvalue weighted by Crippen LogP contribution is -2.53. The highest BCUT2D eigenvalue weighted by Crippen LogP contribution is 2.31. The van der Waals surface area contributed by atoms with Crippen LogP contribution in [0.4, 0.5) is 18.0 Å². The second-order valence-corrected chi connectivity index (χ2v) is 3.21. The number of piperidine rings is 1. The lowest BCUT2D eigenvalue weighted by molar-refractivity contribution is -0.193. The van der Waals surface area contributed by atoms with Gasteiger partial charge in [-0.15, -0.1) is 0 Å². The zero-order valence-electron chi connectivity index (χ0n) is 7.16. The average Bonchev–Trinajstić information content (AvgIpc) is 2.01. The molecule has 2 N–H and O–H groups in total. The Balaban J connectivity index is 2.79. The predicted octanol–water partition coefficient (Wildman–Crippen LogP) is 1.05. The van der Waals surface area contributed by atoms with Crippen LogP contribution in [-0.4, -0.2) is 46.1 Å². The summed E-state index contributed by atoms with van der Waals surface area (Å²) < 4.78 is 36.9. The molecule has 0 aliphatic carbocycles. The van der Waals surface area contributed by atoms with Gasteiger partial charge in [0.05, 0.1) is 6.10 Å². The minimum absolute atomic E-state index is 0.0544. The first kappa shape index (κ1) is 11.1. The molecule has 4 nitrogen and oxygen atoms in total. The number of alkyl halides is 3. The van der Waals surface area contributed by atoms with Crippen LogP contribution in [0, 0.1) is 0 Å². The average molecular weight is 213 g/mol. The van der Waals surface area contributed by atoms with Crippen molar-refractivity contribution in [1.82, 2.24) is 4.90 Å². The van der Waals surface area contributed by atoms with Crippen LogP contribution in [0.3, 0.4) is 0 Å². The van der Waals surface area contributed by atoms with Gasteiger partial charge in [-0.3, -0.25) is 4.90 Å². The molecule has 14 heavy (non-hydrogen) atoms. The van der Waals surface area contributed by atoms with Crippen molar-refractivity contribution >= 4 is 6.09 Å². The summed E-state index contributed by atoms with van der Waals surface area (Å²) in [7, 11) is 0. The number of hydrogen-bond acceptors (Lipinski definition) is 2. The van der Waals surface area contributed by atoms with Crippen LogP contribution >= 0.6 is 0 Å². The molecule has 1 rings (SSSR count). The third-order valence-electron chi connectivity index (χ3n) is 2.20. The van der Waals surface area contributed by atoms with Crippen molar-refractivity contribution in [2.75, 3.05) is 6.54 Å². The first-order valence-corrected chi connectivity index (χ1v) is 4.06. The maximum absolute atomic E-state index is 12.3. The van der Waals surface area contributed by atoms with Crippen molar-refractivity contribution < 1.29 is 28.2 Å². The van der Waals surface area contributed by atoms with Gasteiger partial charge in [-0.05, 0) is 6.42 Å². The third kappa shape index (κ3) is 2.28. The van der Waals surface area contributed by atoms with Crippen molar-refractivity contribution in [3.63, 3.8) is 0 Å². The Labute approximate surface area is 77.9 Å². The Bertz CT molecular complexity index is 231. The van der Waals surface area contributed by atoms with Crippen LogP contribution in [0.2, 0.25) is 0 Å². The molecule has 2 atom stereocenters. The van der Waals surface area contributed by atoms with Crippen molar-refractivity contribution in [2.45, 2.75) is 31.2 Å². The zero-order chi connectivity index (χ0) is 10.9. The largest absolute Gasteiger partial charge is 0.465 e. The molecule has 0 spiro atoms. The first-order chi connectivity index (χ1) is 6.32. The summed E-state index contributed by atoms with van der Waals surface area (Å²) in [6, 6.07) is -2.08. The van der Waals surface area contributed by atoms with Gasteiger partial charge in [0.25, 0.3) is 0 Å². The van der Waals surface area contributed by atoms with E-state index < -0.39 is 30.8 Å². The van der Waals surface area contributed by atoms with E-state index >= 15 is 0 Å². The maximum atomic E-state index is 12.3. The Morgan fingerprint density at radius 3 is 2.43 bits per heavy atom. The number of nitrogens with zero attached hydrogens (tertiary/aromatic N) is 1. The lowest BCUT2D eigenvalue weighted by atomic mass is 10.00. The summed E-state index contributed by atoms with van der Waals surface area (Å²) in [5, 5.41) is 17.5. The molecule has 7 heteroatoms. The van der Waals surface area contributed by atoms with Crippen molar-refractivity contribution in [1.29, 1.82) is 0 Å². The van der Waals surface area contributed by atoms with E-state index in [-0.39, 0.29) is 13.0 Å². The molecule has 0 radical (unpaired) electrons. The summed E-state index contributed by atoms with van der Waals surface area (Å²) in [6.07, 6.45) is -7.80. The molecule has 1 fully saturated rings. The molecule has 1 saturated heterocycles. The smallest absolute Gasteiger partial charge is 0.409 e. The minimum atomic E-state index is -4.61. The summed E-state index contributed by atoms with van der Waals surface area (Å²) >= 11 is 0. The molecule has 1 amide bonds. The number of carbonyl (C=O) groups is 1. The van der Waals surface area contributed by atoms with Gasteiger partial charge >= 0.3 is 12.3 Å². The normalized spacial score (nSPS) is 29.0. The molecule has 0 aromatic rings. The van der Waals surface area contributed by atoms with Crippen LogP contribution in [-0.2, 0) is 0 Å². The Morgan fingerprint density at radius 1 is 1.43 bits per heavy atom. The van der Waals surface area contributed by atoms with Gasteiger partial charge in [0, 0.05) is 13.0 Å². The van der Waals surface area contributed by atoms with Gasteiger partial charge in [0.15, 0.2) is 0 Å². The fourth-order valence-corrected chi connectivity index (χ4v) is 1.49. The van der Waals surface area contributed by atoms with Gasteiger partial charge in [0.1, 0.15) is 6.04 Å². The van der Waals surface area contributed by atoms with E-state index in [1.807, 2.05) is 0 Å². The van der Waals surface area contributed by atoms with E-state index in [1.54, 1.807) is 0 Å². The fraction of sp³-hybridized carbons (Fsp3) is 0.857. The monoisotopic (exact) mass is 213 g/mol. The second kappa shape index (κ2) is 3.64. The topological polar surface area (TPSA) is 60.8 Å². The van der Waals surface area contributed by atoms with E-state index in [4.69, 9.17) is 10.2 Å². The number of halogens is 3. The quantitative estimate of drug-likeness (QED) is 0.632. The molecule has 0 saturated carbocycles. The Morgan fingerprint density at radius 2 is 2.00 bits per heavy atom. The van der Waals surface area contributed by atoms with Crippen molar-refractivity contribution in [3.05, 3.63) is 0 Å². The fourth-order valence-electron chi connectivity index (χ4n) is 1.49. The van der Waals surface area contributed by atoms with Gasteiger partial charge in [-0.2, -0.15) is 13.2 Å². The number of aliphatic hydroxyl groups is 1. The second-order valence-electron chi connectivity index (χ2n) is 3.21. The summed E-state index contributed by atoms with van der Waals surface area (Å²) in [4.78, 5) is 10.8.